The Balaban J connectivity index is 2.23. The van der Waals surface area contributed by atoms with Crippen LogP contribution in [-0.2, 0) is 0 Å². The zero-order valence-electron chi connectivity index (χ0n) is 9.73. The first-order chi connectivity index (χ1) is 7.49. The van der Waals surface area contributed by atoms with Crippen LogP contribution >= 0.6 is 0 Å². The van der Waals surface area contributed by atoms with Gasteiger partial charge in [-0.15, -0.1) is 0 Å². The number of nitrogens with two attached hydrogens (primary N) is 1. The van der Waals surface area contributed by atoms with Gasteiger partial charge in [-0.2, -0.15) is 0 Å². The smallest absolute Gasteiger partial charge is 0.407 e. The minimum atomic E-state index is -0.956. The van der Waals surface area contributed by atoms with Crippen LogP contribution in [0.25, 0.3) is 0 Å². The molecule has 16 heavy (non-hydrogen) atoms. The molecule has 1 rings (SSSR count). The van der Waals surface area contributed by atoms with E-state index in [9.17, 15) is 9.18 Å². The molecule has 0 unspecified atom stereocenters. The quantitative estimate of drug-likeness (QED) is 0.777. The summed E-state index contributed by atoms with van der Waals surface area (Å²) in [5.41, 5.74) is 5.88. The summed E-state index contributed by atoms with van der Waals surface area (Å²) in [7, 11) is 1.51. The topological polar surface area (TPSA) is 66.6 Å². The molecule has 1 aliphatic rings. The van der Waals surface area contributed by atoms with Gasteiger partial charge in [0.15, 0.2) is 0 Å². The Bertz CT molecular complexity index is 230. The van der Waals surface area contributed by atoms with E-state index in [0.717, 1.165) is 19.3 Å². The Hall–Kier alpha value is -0.840. The molecule has 0 radical (unpaired) electrons. The van der Waals surface area contributed by atoms with Crippen LogP contribution in [-0.4, -0.2) is 41.9 Å². The molecule has 0 saturated heterocycles. The Morgan fingerprint density at radius 3 is 2.56 bits per heavy atom. The lowest BCUT2D eigenvalue weighted by Gasteiger charge is -2.27. The maximum atomic E-state index is 12.9. The van der Waals surface area contributed by atoms with Crippen molar-refractivity contribution in [1.29, 1.82) is 0 Å². The molecule has 1 aliphatic carbocycles. The highest BCUT2D eigenvalue weighted by Crippen LogP contribution is 2.29. The first-order valence-electron chi connectivity index (χ1n) is 5.82. The van der Waals surface area contributed by atoms with E-state index in [1.807, 2.05) is 0 Å². The summed E-state index contributed by atoms with van der Waals surface area (Å²) in [5, 5.41) is 8.69. The Kier molecular flexibility index (Phi) is 4.99. The largest absolute Gasteiger partial charge is 0.465 e. The fraction of sp³-hybridized carbons (Fsp3) is 0.909. The lowest BCUT2D eigenvalue weighted by molar-refractivity contribution is 0.148. The molecule has 0 aromatic rings. The van der Waals surface area contributed by atoms with Crippen molar-refractivity contribution in [2.45, 2.75) is 44.3 Å². The van der Waals surface area contributed by atoms with Crippen molar-refractivity contribution in [1.82, 2.24) is 4.90 Å². The third-order valence-corrected chi connectivity index (χ3v) is 3.25. The van der Waals surface area contributed by atoms with E-state index < -0.39 is 12.3 Å². The summed E-state index contributed by atoms with van der Waals surface area (Å²) in [6.45, 7) is 0.352. The van der Waals surface area contributed by atoms with E-state index in [0.29, 0.717) is 25.3 Å². The first kappa shape index (κ1) is 13.2. The van der Waals surface area contributed by atoms with Gasteiger partial charge in [-0.25, -0.2) is 9.18 Å². The molecule has 4 nitrogen and oxygen atoms in total. The number of hydrogen-bond donors (Lipinski definition) is 2. The van der Waals surface area contributed by atoms with Gasteiger partial charge in [0.25, 0.3) is 0 Å². The number of nitrogens with zero attached hydrogens (tertiary/aromatic N) is 1. The fourth-order valence-corrected chi connectivity index (χ4v) is 2.29. The van der Waals surface area contributed by atoms with Gasteiger partial charge in [0, 0.05) is 19.6 Å². The molecule has 1 saturated carbocycles. The molecule has 0 aromatic heterocycles. The second-order valence-corrected chi connectivity index (χ2v) is 4.78. The number of carbonyl (C=O) groups is 1. The summed E-state index contributed by atoms with van der Waals surface area (Å²) in [5.74, 6) is 0.462. The standard InChI is InChI=1S/C11H21FN2O2/c1-14(11(15)16)7-10(13)6-8-2-4-9(12)5-3-8/h8-10H,2-7,13H2,1H3,(H,15,16)/t8?,9?,10-/m1/s1. The Labute approximate surface area is 95.6 Å². The fourth-order valence-electron chi connectivity index (χ4n) is 2.29. The van der Waals surface area contributed by atoms with E-state index in [-0.39, 0.29) is 6.04 Å². The number of carboxylic acid groups (broad SMARTS) is 1. The number of alkyl halides is 1. The van der Waals surface area contributed by atoms with Crippen LogP contribution in [0.3, 0.4) is 0 Å². The lowest BCUT2D eigenvalue weighted by Crippen LogP contribution is -2.39. The van der Waals surface area contributed by atoms with Gasteiger partial charge < -0.3 is 15.7 Å². The number of rotatable bonds is 4. The molecule has 0 aliphatic heterocycles. The third-order valence-electron chi connectivity index (χ3n) is 3.25. The summed E-state index contributed by atoms with van der Waals surface area (Å²) < 4.78 is 12.9. The summed E-state index contributed by atoms with van der Waals surface area (Å²) in [6.07, 6.45) is 2.22. The maximum Gasteiger partial charge on any atom is 0.407 e. The summed E-state index contributed by atoms with van der Waals surface area (Å²) >= 11 is 0. The maximum absolute atomic E-state index is 12.9. The zero-order valence-corrected chi connectivity index (χ0v) is 9.73. The lowest BCUT2D eigenvalue weighted by atomic mass is 9.84. The van der Waals surface area contributed by atoms with E-state index in [4.69, 9.17) is 10.8 Å². The Morgan fingerprint density at radius 1 is 1.50 bits per heavy atom. The molecule has 0 spiro atoms. The van der Waals surface area contributed by atoms with Crippen LogP contribution in [0.1, 0.15) is 32.1 Å². The number of hydrogen-bond acceptors (Lipinski definition) is 2. The van der Waals surface area contributed by atoms with Gasteiger partial charge in [-0.1, -0.05) is 0 Å². The average Bonchev–Trinajstić information content (AvgIpc) is 2.21. The summed E-state index contributed by atoms with van der Waals surface area (Å²) in [6, 6.07) is -0.137. The van der Waals surface area contributed by atoms with Crippen LogP contribution in [0.5, 0.6) is 0 Å². The molecular formula is C11H21FN2O2. The second-order valence-electron chi connectivity index (χ2n) is 4.78. The number of likely N-dealkylation sites (N-methyl/N-ethyl adjacent to an activating group) is 1. The molecule has 94 valence electrons. The molecule has 5 heteroatoms. The molecule has 0 bridgehead atoms. The third kappa shape index (κ3) is 4.35. The normalized spacial score (nSPS) is 27.4. The van der Waals surface area contributed by atoms with Crippen LogP contribution < -0.4 is 5.73 Å². The number of amides is 1. The monoisotopic (exact) mass is 232 g/mol. The van der Waals surface area contributed by atoms with Crippen molar-refractivity contribution in [3.8, 4) is 0 Å². The molecule has 0 heterocycles. The highest BCUT2D eigenvalue weighted by molar-refractivity contribution is 5.64. The van der Waals surface area contributed by atoms with Gasteiger partial charge in [-0.3, -0.25) is 0 Å². The SMILES string of the molecule is CN(C[C@H](N)CC1CCC(F)CC1)C(=O)O. The first-order valence-corrected chi connectivity index (χ1v) is 5.82. The van der Waals surface area contributed by atoms with E-state index in [1.54, 1.807) is 0 Å². The predicted molar refractivity (Wildman–Crippen MR) is 60.1 cm³/mol. The molecular weight excluding hydrogens is 211 g/mol. The van der Waals surface area contributed by atoms with Gasteiger partial charge in [-0.05, 0) is 38.0 Å². The van der Waals surface area contributed by atoms with Crippen LogP contribution in [0.4, 0.5) is 9.18 Å². The summed E-state index contributed by atoms with van der Waals surface area (Å²) in [4.78, 5) is 11.8. The molecule has 1 fully saturated rings. The van der Waals surface area contributed by atoms with Crippen molar-refractivity contribution < 1.29 is 14.3 Å². The van der Waals surface area contributed by atoms with Crippen LogP contribution in [0, 0.1) is 5.92 Å². The highest BCUT2D eigenvalue weighted by atomic mass is 19.1. The van der Waals surface area contributed by atoms with Crippen LogP contribution in [0.2, 0.25) is 0 Å². The second kappa shape index (κ2) is 6.03. The minimum Gasteiger partial charge on any atom is -0.465 e. The molecule has 0 aromatic carbocycles. The van der Waals surface area contributed by atoms with Crippen LogP contribution in [0.15, 0.2) is 0 Å². The van der Waals surface area contributed by atoms with Crippen molar-refractivity contribution in [2.75, 3.05) is 13.6 Å². The van der Waals surface area contributed by atoms with Gasteiger partial charge in [0.05, 0.1) is 0 Å². The van der Waals surface area contributed by atoms with Gasteiger partial charge in [0.2, 0.25) is 0 Å². The average molecular weight is 232 g/mol. The number of halogens is 1. The highest BCUT2D eigenvalue weighted by Gasteiger charge is 2.23. The van der Waals surface area contributed by atoms with E-state index in [2.05, 4.69) is 0 Å². The van der Waals surface area contributed by atoms with Crippen molar-refractivity contribution >= 4 is 6.09 Å². The van der Waals surface area contributed by atoms with Crippen molar-refractivity contribution in [2.24, 2.45) is 11.7 Å². The van der Waals surface area contributed by atoms with E-state index in [1.165, 1.54) is 11.9 Å². The Morgan fingerprint density at radius 2 is 2.06 bits per heavy atom. The minimum absolute atomic E-state index is 0.137. The van der Waals surface area contributed by atoms with Crippen molar-refractivity contribution in [3.63, 3.8) is 0 Å². The molecule has 3 N–H and O–H groups in total. The van der Waals surface area contributed by atoms with E-state index >= 15 is 0 Å². The predicted octanol–water partition coefficient (Wildman–Crippen LogP) is 1.84. The molecule has 1 amide bonds. The van der Waals surface area contributed by atoms with Gasteiger partial charge >= 0.3 is 6.09 Å². The molecule has 1 atom stereocenters. The van der Waals surface area contributed by atoms with Gasteiger partial charge in [0.1, 0.15) is 6.17 Å². The van der Waals surface area contributed by atoms with Crippen molar-refractivity contribution in [3.05, 3.63) is 0 Å². The zero-order chi connectivity index (χ0) is 12.1.